The molecule has 1 N–H and O–H groups in total. The topological polar surface area (TPSA) is 70.3 Å². The Balaban J connectivity index is 1.83. The number of aliphatic hydroxyl groups excluding tert-OH is 1. The van der Waals surface area contributed by atoms with Gasteiger partial charge in [-0.2, -0.15) is 18.4 Å². The number of halogens is 3. The first-order valence-corrected chi connectivity index (χ1v) is 9.69. The highest BCUT2D eigenvalue weighted by Gasteiger charge is 2.47. The summed E-state index contributed by atoms with van der Waals surface area (Å²) in [6, 6.07) is 5.82. The molecule has 3 rings (SSSR count). The maximum atomic E-state index is 13.4. The molecule has 2 aliphatic rings. The smallest absolute Gasteiger partial charge is 0.416 e. The highest BCUT2D eigenvalue weighted by Crippen LogP contribution is 2.45. The van der Waals surface area contributed by atoms with Gasteiger partial charge >= 0.3 is 12.1 Å². The van der Waals surface area contributed by atoms with Crippen molar-refractivity contribution >= 4 is 5.97 Å². The van der Waals surface area contributed by atoms with E-state index in [0.29, 0.717) is 24.8 Å². The molecule has 0 amide bonds. The quantitative estimate of drug-likeness (QED) is 0.754. The van der Waals surface area contributed by atoms with E-state index in [1.807, 2.05) is 0 Å². The largest absolute Gasteiger partial charge is 0.459 e. The van der Waals surface area contributed by atoms with Gasteiger partial charge in [0.2, 0.25) is 0 Å². The summed E-state index contributed by atoms with van der Waals surface area (Å²) in [6.07, 6.45) is -0.750. The number of rotatable bonds is 5. The summed E-state index contributed by atoms with van der Waals surface area (Å²) < 4.78 is 45.8. The van der Waals surface area contributed by atoms with Crippen LogP contribution in [0.15, 0.2) is 18.2 Å². The number of hydrogen-bond acceptors (Lipinski definition) is 4. The molecule has 0 bridgehead atoms. The van der Waals surface area contributed by atoms with E-state index in [4.69, 9.17) is 10.00 Å². The van der Waals surface area contributed by atoms with Crippen LogP contribution in [0.4, 0.5) is 13.2 Å². The molecule has 1 saturated carbocycles. The van der Waals surface area contributed by atoms with Crippen molar-refractivity contribution in [2.45, 2.75) is 75.7 Å². The second-order valence-corrected chi connectivity index (χ2v) is 7.91. The number of esters is 1. The van der Waals surface area contributed by atoms with E-state index in [2.05, 4.69) is 0 Å². The molecule has 0 radical (unpaired) electrons. The zero-order valence-electron chi connectivity index (χ0n) is 15.6. The second kappa shape index (κ2) is 8.12. The number of hydrogen-bond donors (Lipinski definition) is 1. The SMILES string of the molecule is N#CCc1ccc(CCC2(C3CCCC3)CC(O)CC(=O)O2)cc1C(F)(F)F. The number of aliphatic hydroxyl groups is 1. The van der Waals surface area contributed by atoms with Gasteiger partial charge in [-0.15, -0.1) is 0 Å². The summed E-state index contributed by atoms with van der Waals surface area (Å²) in [6.45, 7) is 0. The van der Waals surface area contributed by atoms with Gasteiger partial charge in [0.25, 0.3) is 0 Å². The van der Waals surface area contributed by atoms with Crippen molar-refractivity contribution in [2.75, 3.05) is 0 Å². The van der Waals surface area contributed by atoms with Gasteiger partial charge in [0.1, 0.15) is 5.60 Å². The molecule has 2 unspecified atom stereocenters. The fraction of sp³-hybridized carbons (Fsp3) is 0.619. The summed E-state index contributed by atoms with van der Waals surface area (Å²) in [7, 11) is 0. The summed E-state index contributed by atoms with van der Waals surface area (Å²) in [5.41, 5.74) is -1.15. The van der Waals surface area contributed by atoms with Gasteiger partial charge < -0.3 is 9.84 Å². The van der Waals surface area contributed by atoms with E-state index in [-0.39, 0.29) is 24.3 Å². The number of carbonyl (C=O) groups excluding carboxylic acids is 1. The first-order valence-electron chi connectivity index (χ1n) is 9.69. The highest BCUT2D eigenvalue weighted by atomic mass is 19.4. The van der Waals surface area contributed by atoms with Crippen molar-refractivity contribution in [3.63, 3.8) is 0 Å². The molecule has 2 fully saturated rings. The Morgan fingerprint density at radius 1 is 1.29 bits per heavy atom. The molecule has 1 aliphatic carbocycles. The van der Waals surface area contributed by atoms with Crippen molar-refractivity contribution in [1.29, 1.82) is 5.26 Å². The standard InChI is InChI=1S/C21H24F3NO3/c22-21(23,24)18-11-14(5-6-15(18)8-10-25)7-9-20(16-3-1-2-4-16)13-17(26)12-19(27)28-20/h5-6,11,16-17,26H,1-4,7-9,12-13H2. The van der Waals surface area contributed by atoms with Gasteiger partial charge in [0.15, 0.2) is 0 Å². The molecule has 1 aromatic carbocycles. The van der Waals surface area contributed by atoms with Crippen LogP contribution in [0.3, 0.4) is 0 Å². The van der Waals surface area contributed by atoms with E-state index in [1.165, 1.54) is 6.07 Å². The van der Waals surface area contributed by atoms with Crippen LogP contribution in [0, 0.1) is 17.2 Å². The number of alkyl halides is 3. The molecule has 4 nitrogen and oxygen atoms in total. The Morgan fingerprint density at radius 3 is 2.61 bits per heavy atom. The minimum absolute atomic E-state index is 0.0322. The molecular formula is C21H24F3NO3. The fourth-order valence-electron chi connectivity index (χ4n) is 4.67. The van der Waals surface area contributed by atoms with E-state index >= 15 is 0 Å². The first kappa shape index (κ1) is 20.7. The average Bonchev–Trinajstić information content (AvgIpc) is 3.15. The van der Waals surface area contributed by atoms with Gasteiger partial charge in [-0.25, -0.2) is 0 Å². The molecule has 7 heteroatoms. The number of aryl methyl sites for hydroxylation is 1. The normalized spacial score (nSPS) is 26.1. The van der Waals surface area contributed by atoms with Gasteiger partial charge in [-0.3, -0.25) is 4.79 Å². The van der Waals surface area contributed by atoms with Crippen molar-refractivity contribution < 1.29 is 27.8 Å². The Morgan fingerprint density at radius 2 is 2.00 bits per heavy atom. The van der Waals surface area contributed by atoms with Crippen LogP contribution in [0.5, 0.6) is 0 Å². The van der Waals surface area contributed by atoms with Crippen molar-refractivity contribution in [1.82, 2.24) is 0 Å². The van der Waals surface area contributed by atoms with Crippen LogP contribution in [0.25, 0.3) is 0 Å². The minimum atomic E-state index is -4.53. The maximum absolute atomic E-state index is 13.4. The van der Waals surface area contributed by atoms with Gasteiger partial charge in [-0.05, 0) is 48.8 Å². The van der Waals surface area contributed by atoms with Crippen LogP contribution in [-0.2, 0) is 28.5 Å². The zero-order valence-corrected chi connectivity index (χ0v) is 15.6. The third kappa shape index (κ3) is 4.49. The zero-order chi connectivity index (χ0) is 20.4. The third-order valence-electron chi connectivity index (χ3n) is 5.99. The Hall–Kier alpha value is -2.07. The number of nitrogens with zero attached hydrogens (tertiary/aromatic N) is 1. The molecule has 0 aromatic heterocycles. The lowest BCUT2D eigenvalue weighted by Crippen LogP contribution is -2.49. The van der Waals surface area contributed by atoms with Crippen LogP contribution in [-0.4, -0.2) is 22.8 Å². The molecule has 1 heterocycles. The van der Waals surface area contributed by atoms with Crippen molar-refractivity contribution in [2.24, 2.45) is 5.92 Å². The van der Waals surface area contributed by atoms with Crippen LogP contribution < -0.4 is 0 Å². The van der Waals surface area contributed by atoms with Crippen molar-refractivity contribution in [3.05, 3.63) is 34.9 Å². The molecule has 28 heavy (non-hydrogen) atoms. The summed E-state index contributed by atoms with van der Waals surface area (Å²) in [5.74, 6) is -0.308. The number of nitriles is 1. The van der Waals surface area contributed by atoms with Crippen LogP contribution >= 0.6 is 0 Å². The van der Waals surface area contributed by atoms with E-state index in [0.717, 1.165) is 31.7 Å². The average molecular weight is 395 g/mol. The Kier molecular flexibility index (Phi) is 5.99. The van der Waals surface area contributed by atoms with Gasteiger partial charge in [0, 0.05) is 6.42 Å². The summed E-state index contributed by atoms with van der Waals surface area (Å²) in [5, 5.41) is 18.9. The molecule has 152 valence electrons. The number of ether oxygens (including phenoxy) is 1. The monoisotopic (exact) mass is 395 g/mol. The Labute approximate surface area is 162 Å². The molecule has 0 spiro atoms. The summed E-state index contributed by atoms with van der Waals surface area (Å²) in [4.78, 5) is 12.0. The highest BCUT2D eigenvalue weighted by molar-refractivity contribution is 5.71. The number of benzene rings is 1. The predicted molar refractivity (Wildman–Crippen MR) is 95.1 cm³/mol. The number of carbonyl (C=O) groups is 1. The fourth-order valence-corrected chi connectivity index (χ4v) is 4.67. The summed E-state index contributed by atoms with van der Waals surface area (Å²) >= 11 is 0. The third-order valence-corrected chi connectivity index (χ3v) is 5.99. The van der Waals surface area contributed by atoms with Crippen LogP contribution in [0.1, 0.15) is 61.6 Å². The lowest BCUT2D eigenvalue weighted by Gasteiger charge is -2.43. The lowest BCUT2D eigenvalue weighted by molar-refractivity contribution is -0.186. The number of cyclic esters (lactones) is 1. The predicted octanol–water partition coefficient (Wildman–Crippen LogP) is 4.33. The Bertz CT molecular complexity index is 765. The van der Waals surface area contributed by atoms with E-state index in [1.54, 1.807) is 12.1 Å². The van der Waals surface area contributed by atoms with E-state index < -0.39 is 29.4 Å². The molecular weight excluding hydrogens is 371 g/mol. The second-order valence-electron chi connectivity index (χ2n) is 7.91. The van der Waals surface area contributed by atoms with E-state index in [9.17, 15) is 23.1 Å². The van der Waals surface area contributed by atoms with Crippen LogP contribution in [0.2, 0.25) is 0 Å². The molecule has 1 aromatic rings. The molecule has 1 aliphatic heterocycles. The van der Waals surface area contributed by atoms with Gasteiger partial charge in [0.05, 0.1) is 30.6 Å². The van der Waals surface area contributed by atoms with Crippen molar-refractivity contribution in [3.8, 4) is 6.07 Å². The maximum Gasteiger partial charge on any atom is 0.416 e. The first-order chi connectivity index (χ1) is 13.2. The molecule has 1 saturated heterocycles. The molecule has 2 atom stereocenters. The van der Waals surface area contributed by atoms with Gasteiger partial charge in [-0.1, -0.05) is 25.0 Å². The lowest BCUT2D eigenvalue weighted by atomic mass is 9.75. The minimum Gasteiger partial charge on any atom is -0.459 e.